The minimum Gasteiger partial charge on any atom is -0.311 e. The number of rotatable bonds is 6. The molecular weight excluding hydrogens is 653 g/mol. The zero-order valence-electron chi connectivity index (χ0n) is 31.0. The van der Waals surface area contributed by atoms with E-state index in [-0.39, 0.29) is 0 Å². The Morgan fingerprint density at radius 3 is 1.50 bits per heavy atom. The smallest absolute Gasteiger partial charge is 0.0727 e. The summed E-state index contributed by atoms with van der Waals surface area (Å²) < 4.78 is 0. The van der Waals surface area contributed by atoms with Crippen LogP contribution in [0.2, 0.25) is 0 Å². The van der Waals surface area contributed by atoms with Crippen molar-refractivity contribution in [1.29, 1.82) is 0 Å². The Morgan fingerprint density at radius 1 is 0.444 bits per heavy atom. The molecule has 2 heteroatoms. The molecule has 0 radical (unpaired) electrons. The summed E-state index contributed by atoms with van der Waals surface area (Å²) in [5.74, 6) is 0.468. The van der Waals surface area contributed by atoms with Crippen LogP contribution in [0.4, 0.5) is 28.4 Å². The molecule has 0 fully saturated rings. The Balaban J connectivity index is 1.25. The number of hydrogen-bond acceptors (Lipinski definition) is 2. The normalized spacial score (nSPS) is 15.6. The van der Waals surface area contributed by atoms with E-state index in [0.717, 1.165) is 23.5 Å². The van der Waals surface area contributed by atoms with Gasteiger partial charge in [0.05, 0.1) is 5.41 Å². The van der Waals surface area contributed by atoms with Gasteiger partial charge in [-0.3, -0.25) is 0 Å². The van der Waals surface area contributed by atoms with Gasteiger partial charge in [0.1, 0.15) is 0 Å². The topological polar surface area (TPSA) is 6.48 Å². The average Bonchev–Trinajstić information content (AvgIpc) is 3.65. The number of aryl methyl sites for hydroxylation is 2. The van der Waals surface area contributed by atoms with E-state index in [1.165, 1.54) is 72.7 Å². The van der Waals surface area contributed by atoms with Gasteiger partial charge in [-0.05, 0) is 149 Å². The number of nitrogens with zero attached hydrogens (tertiary/aromatic N) is 2. The third-order valence-electron chi connectivity index (χ3n) is 11.6. The van der Waals surface area contributed by atoms with E-state index >= 15 is 0 Å². The van der Waals surface area contributed by atoms with Gasteiger partial charge in [-0.2, -0.15) is 0 Å². The summed E-state index contributed by atoms with van der Waals surface area (Å²) in [6, 6.07) is 61.1. The second kappa shape index (κ2) is 12.6. The first-order chi connectivity index (χ1) is 26.5. The number of fused-ring (bicyclic) bond motifs is 10. The van der Waals surface area contributed by atoms with E-state index in [2.05, 4.69) is 213 Å². The molecule has 260 valence electrons. The van der Waals surface area contributed by atoms with Crippen molar-refractivity contribution in [2.45, 2.75) is 32.6 Å². The van der Waals surface area contributed by atoms with Gasteiger partial charge in [-0.1, -0.05) is 122 Å². The first-order valence-corrected chi connectivity index (χ1v) is 19.2. The molecule has 10 rings (SSSR count). The first-order valence-electron chi connectivity index (χ1n) is 19.2. The molecule has 2 nitrogen and oxygen atoms in total. The molecule has 7 aromatic carbocycles. The molecule has 3 aliphatic carbocycles. The number of anilines is 5. The van der Waals surface area contributed by atoms with Gasteiger partial charge >= 0.3 is 0 Å². The lowest BCUT2D eigenvalue weighted by Crippen LogP contribution is -2.27. The molecule has 1 spiro atoms. The molecule has 3 aliphatic rings. The van der Waals surface area contributed by atoms with Crippen molar-refractivity contribution < 1.29 is 0 Å². The molecule has 0 amide bonds. The Bertz CT molecular complexity index is 2600. The molecule has 1 unspecified atom stereocenters. The summed E-state index contributed by atoms with van der Waals surface area (Å²) in [5, 5.41) is 0. The lowest BCUT2D eigenvalue weighted by molar-refractivity contribution is 0.726. The van der Waals surface area contributed by atoms with Crippen molar-refractivity contribution in [1.82, 2.24) is 0 Å². The minimum atomic E-state index is -0.499. The molecular formula is C52H42N2. The van der Waals surface area contributed by atoms with Crippen LogP contribution in [0.1, 0.15) is 46.7 Å². The molecule has 0 bridgehead atoms. The van der Waals surface area contributed by atoms with Crippen LogP contribution in [0, 0.1) is 19.8 Å². The van der Waals surface area contributed by atoms with E-state index in [1.54, 1.807) is 0 Å². The Hall–Kier alpha value is -6.38. The molecule has 0 aliphatic heterocycles. The van der Waals surface area contributed by atoms with Gasteiger partial charge in [0.15, 0.2) is 0 Å². The third-order valence-corrected chi connectivity index (χ3v) is 11.6. The van der Waals surface area contributed by atoms with Crippen LogP contribution in [0.25, 0.3) is 22.3 Å². The van der Waals surface area contributed by atoms with E-state index in [4.69, 9.17) is 0 Å². The summed E-state index contributed by atoms with van der Waals surface area (Å²) >= 11 is 0. The van der Waals surface area contributed by atoms with Crippen molar-refractivity contribution in [3.63, 3.8) is 0 Å². The standard InChI is InChI=1S/C52H42N2/c1-35-14-11-19-39(30-35)53(38-17-5-4-6-18-38)42-26-28-46-47-29-27-43(54(40-20-12-15-36(2)31-40)41-21-13-16-37(3)32-41)34-51(47)52(50(46)33-42)48-24-9-7-22-44(48)45-23-8-10-25-49(45)52/h4-15,17-34,37H,16H2,1-3H3. The molecule has 0 saturated heterocycles. The van der Waals surface area contributed by atoms with Crippen LogP contribution >= 0.6 is 0 Å². The highest BCUT2D eigenvalue weighted by Gasteiger charge is 2.52. The monoisotopic (exact) mass is 694 g/mol. The van der Waals surface area contributed by atoms with Crippen LogP contribution in [-0.4, -0.2) is 0 Å². The lowest BCUT2D eigenvalue weighted by atomic mass is 9.70. The fourth-order valence-corrected chi connectivity index (χ4v) is 9.37. The van der Waals surface area contributed by atoms with Crippen LogP contribution < -0.4 is 9.80 Å². The van der Waals surface area contributed by atoms with Crippen LogP contribution in [0.15, 0.2) is 188 Å². The molecule has 0 aromatic heterocycles. The summed E-state index contributed by atoms with van der Waals surface area (Å²) in [4.78, 5) is 4.87. The second-order valence-corrected chi connectivity index (χ2v) is 15.2. The highest BCUT2D eigenvalue weighted by Crippen LogP contribution is 2.64. The van der Waals surface area contributed by atoms with Crippen molar-refractivity contribution in [3.05, 3.63) is 221 Å². The summed E-state index contributed by atoms with van der Waals surface area (Å²) in [5.41, 5.74) is 19.5. The number of hydrogen-bond donors (Lipinski definition) is 0. The molecule has 1 atom stereocenters. The predicted octanol–water partition coefficient (Wildman–Crippen LogP) is 13.7. The average molecular weight is 695 g/mol. The van der Waals surface area contributed by atoms with Gasteiger partial charge in [-0.15, -0.1) is 0 Å². The fourth-order valence-electron chi connectivity index (χ4n) is 9.37. The van der Waals surface area contributed by atoms with E-state index in [9.17, 15) is 0 Å². The number of para-hydroxylation sites is 1. The van der Waals surface area contributed by atoms with Crippen LogP contribution in [-0.2, 0) is 5.41 Å². The molecule has 7 aromatic rings. The predicted molar refractivity (Wildman–Crippen MR) is 226 cm³/mol. The van der Waals surface area contributed by atoms with Gasteiger partial charge in [0.2, 0.25) is 0 Å². The van der Waals surface area contributed by atoms with Gasteiger partial charge in [0.25, 0.3) is 0 Å². The largest absolute Gasteiger partial charge is 0.311 e. The Labute approximate surface area is 319 Å². The zero-order chi connectivity index (χ0) is 36.4. The number of benzene rings is 7. The van der Waals surface area contributed by atoms with E-state index in [1.807, 2.05) is 0 Å². The maximum atomic E-state index is 2.50. The van der Waals surface area contributed by atoms with Crippen molar-refractivity contribution in [3.8, 4) is 22.3 Å². The SMILES string of the molecule is Cc1cccc(N(C2=CC(C)CC=C2)c2ccc3c(c2)C2(c4ccccc4-c4ccccc42)c2cc(N(c4ccccc4)c4cccc(C)c4)ccc2-3)c1. The highest BCUT2D eigenvalue weighted by atomic mass is 15.2. The Kier molecular flexibility index (Phi) is 7.56. The quantitative estimate of drug-likeness (QED) is 0.171. The second-order valence-electron chi connectivity index (χ2n) is 15.2. The minimum absolute atomic E-state index is 0.468. The van der Waals surface area contributed by atoms with Crippen molar-refractivity contribution in [2.24, 2.45) is 5.92 Å². The highest BCUT2D eigenvalue weighted by molar-refractivity contribution is 5.97. The van der Waals surface area contributed by atoms with E-state index < -0.39 is 5.41 Å². The molecule has 0 saturated carbocycles. The Morgan fingerprint density at radius 2 is 0.926 bits per heavy atom. The van der Waals surface area contributed by atoms with E-state index in [0.29, 0.717) is 5.92 Å². The van der Waals surface area contributed by atoms with Gasteiger partial charge in [-0.25, -0.2) is 0 Å². The third kappa shape index (κ3) is 4.94. The van der Waals surface area contributed by atoms with Crippen molar-refractivity contribution >= 4 is 28.4 Å². The first kappa shape index (κ1) is 32.3. The van der Waals surface area contributed by atoms with Crippen LogP contribution in [0.3, 0.4) is 0 Å². The molecule has 54 heavy (non-hydrogen) atoms. The van der Waals surface area contributed by atoms with Crippen molar-refractivity contribution in [2.75, 3.05) is 9.80 Å². The van der Waals surface area contributed by atoms with Gasteiger partial charge in [0, 0.05) is 34.1 Å². The van der Waals surface area contributed by atoms with Crippen LogP contribution in [0.5, 0.6) is 0 Å². The fraction of sp³-hybridized carbons (Fsp3) is 0.115. The lowest BCUT2D eigenvalue weighted by Gasteiger charge is -2.34. The molecule has 0 heterocycles. The maximum Gasteiger partial charge on any atom is 0.0727 e. The molecule has 0 N–H and O–H groups in total. The van der Waals surface area contributed by atoms with Gasteiger partial charge < -0.3 is 9.80 Å². The summed E-state index contributed by atoms with van der Waals surface area (Å²) in [6.07, 6.45) is 8.11. The zero-order valence-corrected chi connectivity index (χ0v) is 31.0. The maximum absolute atomic E-state index is 2.50. The summed E-state index contributed by atoms with van der Waals surface area (Å²) in [6.45, 7) is 6.67. The summed E-state index contributed by atoms with van der Waals surface area (Å²) in [7, 11) is 0. The number of allylic oxidation sites excluding steroid dienone is 3.